The molecule has 0 aliphatic heterocycles. The van der Waals surface area contributed by atoms with E-state index in [4.69, 9.17) is 9.84 Å². The Labute approximate surface area is 118 Å². The van der Waals surface area contributed by atoms with Crippen LogP contribution in [0.25, 0.3) is 11.6 Å². The molecule has 4 nitrogen and oxygen atoms in total. The summed E-state index contributed by atoms with van der Waals surface area (Å²) in [6.07, 6.45) is 4.20. The van der Waals surface area contributed by atoms with Crippen molar-refractivity contribution in [3.63, 3.8) is 0 Å². The van der Waals surface area contributed by atoms with Gasteiger partial charge in [0.05, 0.1) is 12.2 Å². The zero-order chi connectivity index (χ0) is 15.0. The molecule has 0 atom stereocenters. The number of carboxylic acid groups (broad SMARTS) is 1. The highest BCUT2D eigenvalue weighted by Crippen LogP contribution is 2.20. The molecule has 0 heterocycles. The quantitative estimate of drug-likeness (QED) is 0.471. The van der Waals surface area contributed by atoms with Gasteiger partial charge in [-0.25, -0.2) is 9.59 Å². The van der Waals surface area contributed by atoms with E-state index in [0.717, 1.165) is 18.9 Å². The molecule has 0 unspecified atom stereocenters. The van der Waals surface area contributed by atoms with Crippen molar-refractivity contribution in [2.75, 3.05) is 6.61 Å². The minimum Gasteiger partial charge on any atom is -0.478 e. The van der Waals surface area contributed by atoms with Gasteiger partial charge in [-0.1, -0.05) is 44.2 Å². The molecule has 0 fully saturated rings. The van der Waals surface area contributed by atoms with E-state index in [-0.39, 0.29) is 5.57 Å². The van der Waals surface area contributed by atoms with E-state index in [2.05, 4.69) is 6.58 Å². The first-order valence-electron chi connectivity index (χ1n) is 6.42. The van der Waals surface area contributed by atoms with Crippen LogP contribution in [0.15, 0.2) is 36.9 Å². The lowest BCUT2D eigenvalue weighted by atomic mass is 10.0. The fraction of sp³-hybridized carbons (Fsp3) is 0.250. The Balaban J connectivity index is 2.87. The molecule has 0 saturated heterocycles. The first-order valence-corrected chi connectivity index (χ1v) is 6.42. The van der Waals surface area contributed by atoms with Crippen LogP contribution in [0.1, 0.15) is 30.9 Å². The monoisotopic (exact) mass is 274 g/mol. The van der Waals surface area contributed by atoms with Crippen LogP contribution >= 0.6 is 0 Å². The Morgan fingerprint density at radius 3 is 2.70 bits per heavy atom. The summed E-state index contributed by atoms with van der Waals surface area (Å²) in [6, 6.07) is 6.96. The second-order valence-electron chi connectivity index (χ2n) is 4.23. The van der Waals surface area contributed by atoms with Crippen LogP contribution in [-0.2, 0) is 14.3 Å². The second kappa shape index (κ2) is 7.94. The molecule has 0 spiro atoms. The van der Waals surface area contributed by atoms with Gasteiger partial charge in [0.2, 0.25) is 0 Å². The van der Waals surface area contributed by atoms with Gasteiger partial charge < -0.3 is 9.84 Å². The highest BCUT2D eigenvalue weighted by atomic mass is 16.5. The third-order valence-electron chi connectivity index (χ3n) is 2.67. The van der Waals surface area contributed by atoms with E-state index in [1.165, 1.54) is 6.08 Å². The molecule has 106 valence electrons. The molecule has 0 amide bonds. The molecule has 0 saturated carbocycles. The number of hydrogen-bond acceptors (Lipinski definition) is 3. The van der Waals surface area contributed by atoms with Crippen molar-refractivity contribution in [3.05, 3.63) is 48.0 Å². The topological polar surface area (TPSA) is 63.6 Å². The highest BCUT2D eigenvalue weighted by Gasteiger charge is 2.13. The second-order valence-corrected chi connectivity index (χ2v) is 4.23. The molecule has 1 aromatic rings. The van der Waals surface area contributed by atoms with Gasteiger partial charge in [-0.05, 0) is 23.6 Å². The Kier molecular flexibility index (Phi) is 6.23. The Morgan fingerprint density at radius 1 is 1.35 bits per heavy atom. The number of hydrogen-bond donors (Lipinski definition) is 1. The summed E-state index contributed by atoms with van der Waals surface area (Å²) in [7, 11) is 0. The van der Waals surface area contributed by atoms with E-state index in [9.17, 15) is 9.59 Å². The number of esters is 1. The molecule has 0 radical (unpaired) electrons. The van der Waals surface area contributed by atoms with Crippen molar-refractivity contribution in [2.45, 2.75) is 19.8 Å². The third-order valence-corrected chi connectivity index (χ3v) is 2.67. The lowest BCUT2D eigenvalue weighted by Gasteiger charge is -2.09. The number of benzene rings is 1. The van der Waals surface area contributed by atoms with Gasteiger partial charge in [0, 0.05) is 6.08 Å². The third kappa shape index (κ3) is 4.72. The van der Waals surface area contributed by atoms with Crippen LogP contribution in [0.2, 0.25) is 0 Å². The number of carbonyl (C=O) groups excluding carboxylic acids is 1. The number of carboxylic acids is 1. The van der Waals surface area contributed by atoms with Gasteiger partial charge in [-0.15, -0.1) is 0 Å². The van der Waals surface area contributed by atoms with Crippen LogP contribution in [-0.4, -0.2) is 23.7 Å². The first kappa shape index (κ1) is 15.7. The predicted octanol–water partition coefficient (Wildman–Crippen LogP) is 3.14. The lowest BCUT2D eigenvalue weighted by molar-refractivity contribution is -0.136. The molecular weight excluding hydrogens is 256 g/mol. The highest BCUT2D eigenvalue weighted by molar-refractivity contribution is 6.16. The van der Waals surface area contributed by atoms with Gasteiger partial charge in [-0.3, -0.25) is 0 Å². The summed E-state index contributed by atoms with van der Waals surface area (Å²) < 4.78 is 5.10. The van der Waals surface area contributed by atoms with Crippen molar-refractivity contribution in [3.8, 4) is 0 Å². The molecule has 4 heteroatoms. The van der Waals surface area contributed by atoms with Crippen LogP contribution in [0.3, 0.4) is 0 Å². The van der Waals surface area contributed by atoms with Crippen LogP contribution in [0.5, 0.6) is 0 Å². The lowest BCUT2D eigenvalue weighted by Crippen LogP contribution is -2.08. The summed E-state index contributed by atoms with van der Waals surface area (Å²) in [6.45, 7) is 6.11. The molecule has 0 aliphatic carbocycles. The number of rotatable bonds is 7. The first-order chi connectivity index (χ1) is 9.56. The minimum absolute atomic E-state index is 0.228. The van der Waals surface area contributed by atoms with Gasteiger partial charge in [0.15, 0.2) is 0 Å². The average molecular weight is 274 g/mol. The molecule has 0 bridgehead atoms. The summed E-state index contributed by atoms with van der Waals surface area (Å²) in [4.78, 5) is 22.4. The summed E-state index contributed by atoms with van der Waals surface area (Å²) in [5.74, 6) is -1.52. The van der Waals surface area contributed by atoms with E-state index >= 15 is 0 Å². The molecule has 0 aromatic heterocycles. The van der Waals surface area contributed by atoms with Crippen LogP contribution in [0.4, 0.5) is 0 Å². The normalized spacial score (nSPS) is 10.4. The zero-order valence-electron chi connectivity index (χ0n) is 11.5. The minimum atomic E-state index is -1.05. The standard InChI is InChI=1S/C16H18O4/c1-3-4-11-20-16(19)12(2)14-8-6-5-7-13(14)9-10-15(17)18/h5-10H,2-4,11H2,1H3,(H,17,18)/b10-9+. The Bertz CT molecular complexity index is 529. The predicted molar refractivity (Wildman–Crippen MR) is 78.0 cm³/mol. The van der Waals surface area contributed by atoms with Gasteiger partial charge in [0.25, 0.3) is 0 Å². The number of ether oxygens (including phenoxy) is 1. The summed E-state index contributed by atoms with van der Waals surface area (Å²) in [5.41, 5.74) is 1.42. The average Bonchev–Trinajstić information content (AvgIpc) is 2.44. The molecule has 1 rings (SSSR count). The summed E-state index contributed by atoms with van der Waals surface area (Å²) in [5, 5.41) is 8.66. The number of aliphatic carboxylic acids is 1. The molecule has 1 N–H and O–H groups in total. The maximum atomic E-state index is 11.8. The van der Waals surface area contributed by atoms with Gasteiger partial charge >= 0.3 is 11.9 Å². The number of unbranched alkanes of at least 4 members (excludes halogenated alkanes) is 1. The van der Waals surface area contributed by atoms with Crippen molar-refractivity contribution in [1.82, 2.24) is 0 Å². The van der Waals surface area contributed by atoms with Crippen molar-refractivity contribution in [2.24, 2.45) is 0 Å². The molecule has 20 heavy (non-hydrogen) atoms. The largest absolute Gasteiger partial charge is 0.478 e. The van der Waals surface area contributed by atoms with E-state index in [1.54, 1.807) is 24.3 Å². The smallest absolute Gasteiger partial charge is 0.338 e. The van der Waals surface area contributed by atoms with Crippen LogP contribution in [0, 0.1) is 0 Å². The summed E-state index contributed by atoms with van der Waals surface area (Å²) >= 11 is 0. The molecular formula is C16H18O4. The van der Waals surface area contributed by atoms with Crippen molar-refractivity contribution >= 4 is 23.6 Å². The molecule has 0 aliphatic rings. The van der Waals surface area contributed by atoms with Gasteiger partial charge in [-0.2, -0.15) is 0 Å². The fourth-order valence-electron chi connectivity index (χ4n) is 1.58. The van der Waals surface area contributed by atoms with E-state index in [0.29, 0.717) is 17.7 Å². The zero-order valence-corrected chi connectivity index (χ0v) is 11.5. The van der Waals surface area contributed by atoms with Crippen molar-refractivity contribution < 1.29 is 19.4 Å². The SMILES string of the molecule is C=C(C(=O)OCCCC)c1ccccc1/C=C/C(=O)O. The maximum absolute atomic E-state index is 11.8. The maximum Gasteiger partial charge on any atom is 0.338 e. The Morgan fingerprint density at radius 2 is 2.05 bits per heavy atom. The van der Waals surface area contributed by atoms with Crippen molar-refractivity contribution in [1.29, 1.82) is 0 Å². The van der Waals surface area contributed by atoms with Gasteiger partial charge in [0.1, 0.15) is 0 Å². The Hall–Kier alpha value is -2.36. The van der Waals surface area contributed by atoms with Crippen LogP contribution < -0.4 is 0 Å². The number of carbonyl (C=O) groups is 2. The fourth-order valence-corrected chi connectivity index (χ4v) is 1.58. The van der Waals surface area contributed by atoms with E-state index < -0.39 is 11.9 Å². The molecule has 1 aromatic carbocycles. The van der Waals surface area contributed by atoms with E-state index in [1.807, 2.05) is 6.92 Å².